The fourth-order valence-electron chi connectivity index (χ4n) is 2.15. The second-order valence-electron chi connectivity index (χ2n) is 5.61. The van der Waals surface area contributed by atoms with E-state index in [9.17, 15) is 0 Å². The summed E-state index contributed by atoms with van der Waals surface area (Å²) in [5, 5.41) is 4.65. The van der Waals surface area contributed by atoms with Crippen LogP contribution in [0.15, 0.2) is 42.5 Å². The molecule has 0 heterocycles. The van der Waals surface area contributed by atoms with Crippen molar-refractivity contribution >= 4 is 28.9 Å². The number of unbranched alkanes of at least 4 members (excludes halogenated alkanes) is 1. The SMILES string of the molecule is CN(C)CCCCNc1cc(Cl)ccc1Oc1ccccc1Cl. The number of halogens is 2. The number of rotatable bonds is 8. The van der Waals surface area contributed by atoms with Crippen molar-refractivity contribution in [3.8, 4) is 11.5 Å². The van der Waals surface area contributed by atoms with E-state index in [-0.39, 0.29) is 0 Å². The Balaban J connectivity index is 2.01. The first-order valence-electron chi connectivity index (χ1n) is 7.67. The van der Waals surface area contributed by atoms with Crippen molar-refractivity contribution < 1.29 is 4.74 Å². The number of ether oxygens (including phenoxy) is 1. The summed E-state index contributed by atoms with van der Waals surface area (Å²) in [7, 11) is 4.17. The van der Waals surface area contributed by atoms with E-state index in [0.29, 0.717) is 15.8 Å². The van der Waals surface area contributed by atoms with Gasteiger partial charge in [0.25, 0.3) is 0 Å². The number of benzene rings is 2. The fourth-order valence-corrected chi connectivity index (χ4v) is 2.50. The van der Waals surface area contributed by atoms with Gasteiger partial charge in [-0.2, -0.15) is 0 Å². The van der Waals surface area contributed by atoms with Gasteiger partial charge in [-0.1, -0.05) is 35.3 Å². The monoisotopic (exact) mass is 352 g/mol. The zero-order valence-electron chi connectivity index (χ0n) is 13.5. The Kier molecular flexibility index (Phi) is 7.03. The van der Waals surface area contributed by atoms with Crippen molar-refractivity contribution in [2.45, 2.75) is 12.8 Å². The van der Waals surface area contributed by atoms with Gasteiger partial charge in [-0.25, -0.2) is 0 Å². The molecule has 0 fully saturated rings. The van der Waals surface area contributed by atoms with Crippen molar-refractivity contribution in [2.24, 2.45) is 0 Å². The molecule has 5 heteroatoms. The van der Waals surface area contributed by atoms with Gasteiger partial charge in [0.2, 0.25) is 0 Å². The van der Waals surface area contributed by atoms with Crippen molar-refractivity contribution in [3.63, 3.8) is 0 Å². The van der Waals surface area contributed by atoms with Gasteiger partial charge in [0.05, 0.1) is 10.7 Å². The lowest BCUT2D eigenvalue weighted by Gasteiger charge is -2.15. The zero-order valence-corrected chi connectivity index (χ0v) is 15.0. The predicted molar refractivity (Wildman–Crippen MR) is 99.3 cm³/mol. The Morgan fingerprint density at radius 3 is 2.52 bits per heavy atom. The molecule has 2 aromatic rings. The third-order valence-corrected chi connectivity index (χ3v) is 3.89. The molecule has 0 radical (unpaired) electrons. The summed E-state index contributed by atoms with van der Waals surface area (Å²) in [6.45, 7) is 1.95. The minimum atomic E-state index is 0.583. The highest BCUT2D eigenvalue weighted by Crippen LogP contribution is 2.35. The van der Waals surface area contributed by atoms with Gasteiger partial charge in [0.15, 0.2) is 5.75 Å². The Morgan fingerprint density at radius 1 is 1.00 bits per heavy atom. The molecule has 0 spiro atoms. The van der Waals surface area contributed by atoms with Gasteiger partial charge in [-0.15, -0.1) is 0 Å². The highest BCUT2D eigenvalue weighted by molar-refractivity contribution is 6.32. The molecular formula is C18H22Cl2N2O. The molecular weight excluding hydrogens is 331 g/mol. The van der Waals surface area contributed by atoms with Crippen LogP contribution in [0.4, 0.5) is 5.69 Å². The average molecular weight is 353 g/mol. The summed E-state index contributed by atoms with van der Waals surface area (Å²) in [5.41, 5.74) is 0.877. The highest BCUT2D eigenvalue weighted by atomic mass is 35.5. The molecule has 1 N–H and O–H groups in total. The largest absolute Gasteiger partial charge is 0.454 e. The molecule has 3 nitrogen and oxygen atoms in total. The maximum Gasteiger partial charge on any atom is 0.150 e. The number of para-hydroxylation sites is 1. The van der Waals surface area contributed by atoms with E-state index in [0.717, 1.165) is 37.4 Å². The van der Waals surface area contributed by atoms with E-state index >= 15 is 0 Å². The summed E-state index contributed by atoms with van der Waals surface area (Å²) in [5.74, 6) is 1.35. The van der Waals surface area contributed by atoms with E-state index in [1.807, 2.05) is 36.4 Å². The van der Waals surface area contributed by atoms with Crippen LogP contribution >= 0.6 is 23.2 Å². The normalized spacial score (nSPS) is 10.8. The summed E-state index contributed by atoms with van der Waals surface area (Å²) < 4.78 is 5.93. The molecule has 0 aliphatic carbocycles. The maximum atomic E-state index is 6.16. The van der Waals surface area contributed by atoms with Crippen molar-refractivity contribution in [2.75, 3.05) is 32.5 Å². The van der Waals surface area contributed by atoms with Crippen LogP contribution in [0.25, 0.3) is 0 Å². The second kappa shape index (κ2) is 9.02. The number of anilines is 1. The van der Waals surface area contributed by atoms with Crippen LogP contribution < -0.4 is 10.1 Å². The topological polar surface area (TPSA) is 24.5 Å². The Labute approximate surface area is 148 Å². The summed E-state index contributed by atoms with van der Waals surface area (Å²) >= 11 is 12.3. The molecule has 0 aromatic heterocycles. The molecule has 0 saturated carbocycles. The molecule has 0 saturated heterocycles. The number of nitrogens with zero attached hydrogens (tertiary/aromatic N) is 1. The third-order valence-electron chi connectivity index (χ3n) is 3.35. The number of nitrogens with one attached hydrogen (secondary N) is 1. The molecule has 0 aliphatic rings. The van der Waals surface area contributed by atoms with E-state index in [1.54, 1.807) is 6.07 Å². The summed E-state index contributed by atoms with van der Waals surface area (Å²) in [6, 6.07) is 13.0. The standard InChI is InChI=1S/C18H22Cl2N2O/c1-22(2)12-6-5-11-21-16-13-14(19)9-10-18(16)23-17-8-4-3-7-15(17)20/h3-4,7-10,13,21H,5-6,11-12H2,1-2H3. The number of hydrogen-bond acceptors (Lipinski definition) is 3. The van der Waals surface area contributed by atoms with Gasteiger partial charge >= 0.3 is 0 Å². The molecule has 0 atom stereocenters. The van der Waals surface area contributed by atoms with Crippen LogP contribution in [0.1, 0.15) is 12.8 Å². The van der Waals surface area contributed by atoms with Crippen LogP contribution in [-0.4, -0.2) is 32.1 Å². The predicted octanol–water partition coefficient (Wildman–Crippen LogP) is 5.54. The van der Waals surface area contributed by atoms with Gasteiger partial charge in [0.1, 0.15) is 5.75 Å². The maximum absolute atomic E-state index is 6.16. The van der Waals surface area contributed by atoms with E-state index in [2.05, 4.69) is 24.3 Å². The van der Waals surface area contributed by atoms with Gasteiger partial charge in [-0.3, -0.25) is 0 Å². The molecule has 124 valence electrons. The van der Waals surface area contributed by atoms with Gasteiger partial charge in [-0.05, 0) is 63.8 Å². The van der Waals surface area contributed by atoms with Gasteiger partial charge in [0, 0.05) is 11.6 Å². The van der Waals surface area contributed by atoms with Crippen LogP contribution in [0.2, 0.25) is 10.0 Å². The summed E-state index contributed by atoms with van der Waals surface area (Å²) in [6.07, 6.45) is 2.22. The van der Waals surface area contributed by atoms with Gasteiger partial charge < -0.3 is 15.0 Å². The van der Waals surface area contributed by atoms with E-state index in [1.165, 1.54) is 0 Å². The minimum absolute atomic E-state index is 0.583. The second-order valence-corrected chi connectivity index (χ2v) is 6.45. The molecule has 2 rings (SSSR count). The first-order valence-corrected chi connectivity index (χ1v) is 8.42. The quantitative estimate of drug-likeness (QED) is 0.631. The first-order chi connectivity index (χ1) is 11.1. The molecule has 2 aromatic carbocycles. The van der Waals surface area contributed by atoms with Crippen LogP contribution in [0.5, 0.6) is 11.5 Å². The lowest BCUT2D eigenvalue weighted by atomic mass is 10.2. The van der Waals surface area contributed by atoms with Crippen LogP contribution in [0, 0.1) is 0 Å². The van der Waals surface area contributed by atoms with E-state index in [4.69, 9.17) is 27.9 Å². The first kappa shape index (κ1) is 17.9. The lowest BCUT2D eigenvalue weighted by Crippen LogP contribution is -2.14. The summed E-state index contributed by atoms with van der Waals surface area (Å²) in [4.78, 5) is 2.19. The minimum Gasteiger partial charge on any atom is -0.454 e. The molecule has 0 unspecified atom stereocenters. The smallest absolute Gasteiger partial charge is 0.150 e. The van der Waals surface area contributed by atoms with Crippen LogP contribution in [0.3, 0.4) is 0 Å². The number of hydrogen-bond donors (Lipinski definition) is 1. The zero-order chi connectivity index (χ0) is 16.7. The third kappa shape index (κ3) is 5.94. The average Bonchev–Trinajstić information content (AvgIpc) is 2.51. The van der Waals surface area contributed by atoms with Crippen molar-refractivity contribution in [1.29, 1.82) is 0 Å². The van der Waals surface area contributed by atoms with Crippen LogP contribution in [-0.2, 0) is 0 Å². The Bertz CT molecular complexity index is 632. The Hall–Kier alpha value is -1.42. The molecule has 0 bridgehead atoms. The molecule has 0 amide bonds. The molecule has 23 heavy (non-hydrogen) atoms. The lowest BCUT2D eigenvalue weighted by molar-refractivity contribution is 0.396. The van der Waals surface area contributed by atoms with E-state index < -0.39 is 0 Å². The molecule has 0 aliphatic heterocycles. The van der Waals surface area contributed by atoms with Crippen molar-refractivity contribution in [1.82, 2.24) is 4.90 Å². The van der Waals surface area contributed by atoms with Crippen molar-refractivity contribution in [3.05, 3.63) is 52.5 Å². The highest BCUT2D eigenvalue weighted by Gasteiger charge is 2.08. The Morgan fingerprint density at radius 2 is 1.78 bits per heavy atom. The fraction of sp³-hybridized carbons (Fsp3) is 0.333.